The predicted octanol–water partition coefficient (Wildman–Crippen LogP) is 2.46. The number of carbonyl (C=O) groups excluding carboxylic acids is 2. The summed E-state index contributed by atoms with van der Waals surface area (Å²) in [6.45, 7) is 2.43. The van der Waals surface area contributed by atoms with Gasteiger partial charge in [0.25, 0.3) is 11.8 Å². The molecule has 2 heterocycles. The first kappa shape index (κ1) is 16.3. The molecule has 26 heavy (non-hydrogen) atoms. The molecule has 2 N–H and O–H groups in total. The van der Waals surface area contributed by atoms with Crippen LogP contribution in [0.3, 0.4) is 0 Å². The Morgan fingerprint density at radius 3 is 2.62 bits per heavy atom. The largest absolute Gasteiger partial charge is 0.347 e. The minimum Gasteiger partial charge on any atom is -0.347 e. The fourth-order valence-electron chi connectivity index (χ4n) is 2.81. The molecular formula is C20H20N4O2. The van der Waals surface area contributed by atoms with Gasteiger partial charge in [-0.25, -0.2) is 4.98 Å². The third-order valence-electron chi connectivity index (χ3n) is 4.45. The van der Waals surface area contributed by atoms with Gasteiger partial charge in [-0.15, -0.1) is 0 Å². The van der Waals surface area contributed by atoms with Crippen LogP contribution < -0.4 is 10.6 Å². The van der Waals surface area contributed by atoms with E-state index in [1.54, 1.807) is 16.7 Å². The maximum Gasteiger partial charge on any atom is 0.287 e. The molecule has 0 radical (unpaired) electrons. The van der Waals surface area contributed by atoms with E-state index in [4.69, 9.17) is 0 Å². The molecule has 1 aliphatic rings. The van der Waals surface area contributed by atoms with Crippen LogP contribution in [0.4, 0.5) is 0 Å². The Labute approximate surface area is 151 Å². The van der Waals surface area contributed by atoms with E-state index in [2.05, 4.69) is 15.6 Å². The van der Waals surface area contributed by atoms with Crippen LogP contribution in [0.1, 0.15) is 45.1 Å². The second-order valence-electron chi connectivity index (χ2n) is 6.66. The van der Waals surface area contributed by atoms with E-state index >= 15 is 0 Å². The molecule has 1 aliphatic carbocycles. The number of nitrogens with zero attached hydrogens (tertiary/aromatic N) is 2. The van der Waals surface area contributed by atoms with Crippen molar-refractivity contribution in [1.82, 2.24) is 20.0 Å². The highest BCUT2D eigenvalue weighted by Gasteiger charge is 2.27. The summed E-state index contributed by atoms with van der Waals surface area (Å²) in [5.74, 6) is -0.293. The number of rotatable bonds is 5. The maximum atomic E-state index is 12.7. The molecular weight excluding hydrogens is 328 g/mol. The Morgan fingerprint density at radius 1 is 1.12 bits per heavy atom. The number of amides is 2. The summed E-state index contributed by atoms with van der Waals surface area (Å²) in [7, 11) is 0. The third-order valence-corrected chi connectivity index (χ3v) is 4.45. The summed E-state index contributed by atoms with van der Waals surface area (Å²) >= 11 is 0. The molecule has 0 aliphatic heterocycles. The number of hydrogen-bond donors (Lipinski definition) is 2. The first-order valence-corrected chi connectivity index (χ1v) is 8.73. The van der Waals surface area contributed by atoms with Crippen LogP contribution >= 0.6 is 0 Å². The van der Waals surface area contributed by atoms with Crippen LogP contribution in [0.15, 0.2) is 48.7 Å². The second-order valence-corrected chi connectivity index (χ2v) is 6.66. The number of aromatic nitrogens is 2. The lowest BCUT2D eigenvalue weighted by molar-refractivity contribution is 0.0940. The Balaban J connectivity index is 1.57. The standard InChI is InChI=1S/C20H20N4O2/c1-13-5-7-14(8-6-13)12-21-19(25)17-16-4-2-3-11-24(16)18(23-17)20(26)22-15-9-10-15/h2-8,11,15H,9-10,12H2,1H3,(H,21,25)(H,22,26). The van der Waals surface area contributed by atoms with Crippen molar-refractivity contribution >= 4 is 17.3 Å². The highest BCUT2D eigenvalue weighted by atomic mass is 16.2. The fourth-order valence-corrected chi connectivity index (χ4v) is 2.81. The van der Waals surface area contributed by atoms with Gasteiger partial charge in [0.15, 0.2) is 5.69 Å². The van der Waals surface area contributed by atoms with Crippen molar-refractivity contribution < 1.29 is 9.59 Å². The molecule has 0 saturated heterocycles. The smallest absolute Gasteiger partial charge is 0.287 e. The number of aryl methyl sites for hydroxylation is 1. The monoisotopic (exact) mass is 348 g/mol. The predicted molar refractivity (Wildman–Crippen MR) is 98.0 cm³/mol. The number of pyridine rings is 1. The zero-order valence-electron chi connectivity index (χ0n) is 14.5. The first-order chi connectivity index (χ1) is 12.6. The van der Waals surface area contributed by atoms with Gasteiger partial charge in [0.05, 0.1) is 5.52 Å². The van der Waals surface area contributed by atoms with Crippen LogP contribution in [-0.4, -0.2) is 27.2 Å². The molecule has 1 fully saturated rings. The SMILES string of the molecule is Cc1ccc(CNC(=O)c2nc(C(=O)NC3CC3)n3ccccc23)cc1. The maximum absolute atomic E-state index is 12.7. The summed E-state index contributed by atoms with van der Waals surface area (Å²) in [5.41, 5.74) is 3.07. The van der Waals surface area contributed by atoms with Crippen molar-refractivity contribution in [3.8, 4) is 0 Å². The van der Waals surface area contributed by atoms with E-state index in [0.29, 0.717) is 12.1 Å². The summed E-state index contributed by atoms with van der Waals surface area (Å²) in [5, 5.41) is 5.81. The average molecular weight is 348 g/mol. The number of hydrogen-bond acceptors (Lipinski definition) is 3. The minimum atomic E-state index is -0.292. The van der Waals surface area contributed by atoms with Crippen LogP contribution in [0, 0.1) is 6.92 Å². The van der Waals surface area contributed by atoms with Crippen molar-refractivity contribution in [2.75, 3.05) is 0 Å². The highest BCUT2D eigenvalue weighted by Crippen LogP contribution is 2.20. The zero-order chi connectivity index (χ0) is 18.1. The molecule has 1 aromatic carbocycles. The van der Waals surface area contributed by atoms with Crippen molar-refractivity contribution in [1.29, 1.82) is 0 Å². The molecule has 4 rings (SSSR count). The van der Waals surface area contributed by atoms with E-state index in [-0.39, 0.29) is 29.4 Å². The lowest BCUT2D eigenvalue weighted by atomic mass is 10.1. The van der Waals surface area contributed by atoms with Crippen LogP contribution in [0.5, 0.6) is 0 Å². The Kier molecular flexibility index (Phi) is 4.16. The summed E-state index contributed by atoms with van der Waals surface area (Å²) in [4.78, 5) is 29.4. The molecule has 3 aromatic rings. The van der Waals surface area contributed by atoms with Gasteiger partial charge in [0, 0.05) is 18.8 Å². The molecule has 0 bridgehead atoms. The van der Waals surface area contributed by atoms with Crippen molar-refractivity contribution in [2.45, 2.75) is 32.4 Å². The Hall–Kier alpha value is -3.15. The van der Waals surface area contributed by atoms with E-state index in [1.807, 2.05) is 43.3 Å². The van der Waals surface area contributed by atoms with Gasteiger partial charge in [-0.3, -0.25) is 14.0 Å². The van der Waals surface area contributed by atoms with Crippen LogP contribution in [0.25, 0.3) is 5.52 Å². The van der Waals surface area contributed by atoms with Crippen molar-refractivity contribution in [2.24, 2.45) is 0 Å². The van der Waals surface area contributed by atoms with Gasteiger partial charge >= 0.3 is 0 Å². The molecule has 0 spiro atoms. The second kappa shape index (κ2) is 6.63. The molecule has 1 saturated carbocycles. The molecule has 132 valence electrons. The van der Waals surface area contributed by atoms with Crippen molar-refractivity contribution in [3.05, 3.63) is 71.3 Å². The van der Waals surface area contributed by atoms with Crippen LogP contribution in [-0.2, 0) is 6.54 Å². The zero-order valence-corrected chi connectivity index (χ0v) is 14.5. The van der Waals surface area contributed by atoms with E-state index < -0.39 is 0 Å². The molecule has 0 atom stereocenters. The van der Waals surface area contributed by atoms with E-state index in [0.717, 1.165) is 18.4 Å². The number of carbonyl (C=O) groups is 2. The molecule has 6 nitrogen and oxygen atoms in total. The summed E-state index contributed by atoms with van der Waals surface area (Å²) in [6.07, 6.45) is 3.75. The summed E-state index contributed by atoms with van der Waals surface area (Å²) in [6, 6.07) is 13.7. The third kappa shape index (κ3) is 3.31. The molecule has 2 aromatic heterocycles. The lowest BCUT2D eigenvalue weighted by Crippen LogP contribution is -2.27. The molecule has 6 heteroatoms. The quantitative estimate of drug-likeness (QED) is 0.744. The first-order valence-electron chi connectivity index (χ1n) is 8.73. The fraction of sp³-hybridized carbons (Fsp3) is 0.250. The number of benzene rings is 1. The van der Waals surface area contributed by atoms with Gasteiger partial charge in [-0.05, 0) is 37.5 Å². The van der Waals surface area contributed by atoms with Gasteiger partial charge in [0.2, 0.25) is 5.82 Å². The Morgan fingerprint density at radius 2 is 1.88 bits per heavy atom. The number of fused-ring (bicyclic) bond motifs is 1. The lowest BCUT2D eigenvalue weighted by Gasteiger charge is -2.04. The van der Waals surface area contributed by atoms with Gasteiger partial charge in [-0.1, -0.05) is 35.9 Å². The highest BCUT2D eigenvalue weighted by molar-refractivity contribution is 6.02. The minimum absolute atomic E-state index is 0.234. The van der Waals surface area contributed by atoms with E-state index in [9.17, 15) is 9.59 Å². The Bertz CT molecular complexity index is 971. The molecule has 2 amide bonds. The normalized spacial score (nSPS) is 13.6. The number of imidazole rings is 1. The topological polar surface area (TPSA) is 75.5 Å². The van der Waals surface area contributed by atoms with Gasteiger partial charge < -0.3 is 10.6 Å². The summed E-state index contributed by atoms with van der Waals surface area (Å²) < 4.78 is 1.67. The van der Waals surface area contributed by atoms with Crippen molar-refractivity contribution in [3.63, 3.8) is 0 Å². The molecule has 0 unspecified atom stereocenters. The van der Waals surface area contributed by atoms with Gasteiger partial charge in [0.1, 0.15) is 0 Å². The van der Waals surface area contributed by atoms with Gasteiger partial charge in [-0.2, -0.15) is 0 Å². The number of nitrogens with one attached hydrogen (secondary N) is 2. The van der Waals surface area contributed by atoms with E-state index in [1.165, 1.54) is 5.56 Å². The average Bonchev–Trinajstić information content (AvgIpc) is 3.38. The van der Waals surface area contributed by atoms with Crippen LogP contribution in [0.2, 0.25) is 0 Å².